The molecule has 9 heteroatoms. The summed E-state index contributed by atoms with van der Waals surface area (Å²) in [6, 6.07) is 11.2. The van der Waals surface area contributed by atoms with E-state index in [2.05, 4.69) is 15.1 Å². The van der Waals surface area contributed by atoms with Gasteiger partial charge in [0.2, 0.25) is 5.89 Å². The van der Waals surface area contributed by atoms with E-state index >= 15 is 0 Å². The van der Waals surface area contributed by atoms with Gasteiger partial charge in [0.25, 0.3) is 5.56 Å². The number of thioether (sulfide) groups is 1. The summed E-state index contributed by atoms with van der Waals surface area (Å²) < 4.78 is 20.3. The van der Waals surface area contributed by atoms with Gasteiger partial charge in [-0.2, -0.15) is 4.98 Å². The van der Waals surface area contributed by atoms with Crippen molar-refractivity contribution in [1.29, 1.82) is 0 Å². The van der Waals surface area contributed by atoms with Crippen molar-refractivity contribution in [3.63, 3.8) is 0 Å². The largest absolute Gasteiger partial charge is 0.338 e. The Morgan fingerprint density at radius 1 is 1.21 bits per heavy atom. The summed E-state index contributed by atoms with van der Waals surface area (Å²) in [5.41, 5.74) is 0.735. The zero-order chi connectivity index (χ0) is 20.4. The average Bonchev–Trinajstić information content (AvgIpc) is 3.17. The number of rotatable bonds is 6. The molecule has 29 heavy (non-hydrogen) atoms. The van der Waals surface area contributed by atoms with Crippen LogP contribution in [0.25, 0.3) is 16.6 Å². The second kappa shape index (κ2) is 8.34. The smallest absolute Gasteiger partial charge is 0.266 e. The van der Waals surface area contributed by atoms with Gasteiger partial charge < -0.3 is 4.52 Å². The number of hydrogen-bond acceptors (Lipinski definition) is 6. The summed E-state index contributed by atoms with van der Waals surface area (Å²) in [5.74, 6) is 0.888. The lowest BCUT2D eigenvalue weighted by Gasteiger charge is -2.13. The van der Waals surface area contributed by atoms with E-state index in [0.29, 0.717) is 39.2 Å². The molecule has 2 aromatic heterocycles. The Morgan fingerprint density at radius 3 is 2.83 bits per heavy atom. The Balaban J connectivity index is 1.78. The van der Waals surface area contributed by atoms with Crippen LogP contribution < -0.4 is 5.56 Å². The monoisotopic (exact) mass is 430 g/mol. The highest BCUT2D eigenvalue weighted by Gasteiger charge is 2.16. The van der Waals surface area contributed by atoms with Crippen LogP contribution in [0.1, 0.15) is 25.1 Å². The van der Waals surface area contributed by atoms with E-state index in [-0.39, 0.29) is 10.6 Å². The van der Waals surface area contributed by atoms with E-state index in [4.69, 9.17) is 16.1 Å². The molecule has 0 saturated heterocycles. The average molecular weight is 431 g/mol. The van der Waals surface area contributed by atoms with Crippen LogP contribution in [0.15, 0.2) is 56.9 Å². The van der Waals surface area contributed by atoms with E-state index in [1.807, 2.05) is 13.0 Å². The lowest BCUT2D eigenvalue weighted by atomic mass is 10.2. The molecule has 4 rings (SSSR count). The van der Waals surface area contributed by atoms with E-state index < -0.39 is 5.82 Å². The van der Waals surface area contributed by atoms with Crippen molar-refractivity contribution < 1.29 is 8.91 Å². The summed E-state index contributed by atoms with van der Waals surface area (Å²) in [6.45, 7) is 2.04. The Labute approximate surface area is 174 Å². The second-order valence-electron chi connectivity index (χ2n) is 6.29. The summed E-state index contributed by atoms with van der Waals surface area (Å²) in [4.78, 5) is 22.1. The van der Waals surface area contributed by atoms with Crippen molar-refractivity contribution in [2.24, 2.45) is 0 Å². The fourth-order valence-corrected chi connectivity index (χ4v) is 3.89. The number of nitrogens with zero attached hydrogens (tertiary/aromatic N) is 4. The van der Waals surface area contributed by atoms with Gasteiger partial charge in [-0.15, -0.1) is 0 Å². The van der Waals surface area contributed by atoms with Crippen molar-refractivity contribution in [1.82, 2.24) is 19.7 Å². The molecule has 0 radical (unpaired) electrons. The Morgan fingerprint density at radius 2 is 2.03 bits per heavy atom. The number of hydrogen-bond donors (Lipinski definition) is 0. The highest BCUT2D eigenvalue weighted by atomic mass is 35.5. The fraction of sp³-hybridized carbons (Fsp3) is 0.200. The van der Waals surface area contributed by atoms with Gasteiger partial charge in [-0.25, -0.2) is 9.37 Å². The molecule has 0 saturated carbocycles. The van der Waals surface area contributed by atoms with Crippen molar-refractivity contribution in [3.05, 3.63) is 75.4 Å². The summed E-state index contributed by atoms with van der Waals surface area (Å²) >= 11 is 7.23. The van der Waals surface area contributed by atoms with Crippen LogP contribution in [0.4, 0.5) is 4.39 Å². The molecule has 0 spiro atoms. The molecule has 0 aliphatic carbocycles. The van der Waals surface area contributed by atoms with Crippen LogP contribution in [-0.2, 0) is 12.2 Å². The van der Waals surface area contributed by atoms with E-state index in [1.54, 1.807) is 18.2 Å². The normalized spacial score (nSPS) is 11.3. The molecule has 6 nitrogen and oxygen atoms in total. The van der Waals surface area contributed by atoms with Gasteiger partial charge in [0.1, 0.15) is 5.82 Å². The molecule has 148 valence electrons. The summed E-state index contributed by atoms with van der Waals surface area (Å²) in [7, 11) is 0. The molecular weight excluding hydrogens is 415 g/mol. The third-order valence-corrected chi connectivity index (χ3v) is 5.43. The molecule has 0 amide bonds. The maximum absolute atomic E-state index is 13.6. The molecule has 0 aliphatic heterocycles. The number of aromatic nitrogens is 4. The van der Waals surface area contributed by atoms with Gasteiger partial charge in [0, 0.05) is 6.42 Å². The van der Waals surface area contributed by atoms with Crippen LogP contribution in [0, 0.1) is 5.82 Å². The molecule has 0 N–H and O–H groups in total. The van der Waals surface area contributed by atoms with Gasteiger partial charge in [-0.3, -0.25) is 9.36 Å². The van der Waals surface area contributed by atoms with Crippen molar-refractivity contribution in [2.75, 3.05) is 0 Å². The highest BCUT2D eigenvalue weighted by molar-refractivity contribution is 7.98. The number of fused-ring (bicyclic) bond motifs is 1. The predicted molar refractivity (Wildman–Crippen MR) is 110 cm³/mol. The number of aryl methyl sites for hydroxylation is 1. The first-order valence-electron chi connectivity index (χ1n) is 8.98. The minimum absolute atomic E-state index is 0.0698. The zero-order valence-electron chi connectivity index (χ0n) is 15.4. The van der Waals surface area contributed by atoms with Crippen LogP contribution in [-0.4, -0.2) is 19.7 Å². The van der Waals surface area contributed by atoms with Gasteiger partial charge in [-0.05, 0) is 36.8 Å². The highest BCUT2D eigenvalue weighted by Crippen LogP contribution is 2.26. The minimum atomic E-state index is -0.555. The molecule has 0 fully saturated rings. The van der Waals surface area contributed by atoms with Crippen molar-refractivity contribution in [3.8, 4) is 5.69 Å². The first kappa shape index (κ1) is 19.6. The van der Waals surface area contributed by atoms with Gasteiger partial charge >= 0.3 is 0 Å². The number of halogens is 2. The van der Waals surface area contributed by atoms with Gasteiger partial charge in [0.15, 0.2) is 11.0 Å². The third-order valence-electron chi connectivity index (χ3n) is 4.21. The van der Waals surface area contributed by atoms with Gasteiger partial charge in [-0.1, -0.05) is 47.6 Å². The molecule has 2 heterocycles. The Kier molecular flexibility index (Phi) is 5.64. The summed E-state index contributed by atoms with van der Waals surface area (Å²) in [5, 5.41) is 4.75. The maximum atomic E-state index is 13.6. The molecule has 0 atom stereocenters. The fourth-order valence-electron chi connectivity index (χ4n) is 2.86. The lowest BCUT2D eigenvalue weighted by molar-refractivity contribution is 0.384. The lowest BCUT2D eigenvalue weighted by Crippen LogP contribution is -2.21. The Hall–Kier alpha value is -2.71. The van der Waals surface area contributed by atoms with Crippen LogP contribution in [0.5, 0.6) is 0 Å². The molecule has 0 bridgehead atoms. The first-order chi connectivity index (χ1) is 14.1. The Bertz CT molecular complexity index is 1240. The SMILES string of the molecule is CCCc1noc(CSc2nc3ccccc3c(=O)n2-c2ccc(F)c(Cl)c2)n1. The van der Waals surface area contributed by atoms with Crippen LogP contribution >= 0.6 is 23.4 Å². The van der Waals surface area contributed by atoms with E-state index in [9.17, 15) is 9.18 Å². The maximum Gasteiger partial charge on any atom is 0.266 e. The molecular formula is C20H16ClFN4O2S. The van der Waals surface area contributed by atoms with Crippen LogP contribution in [0.3, 0.4) is 0 Å². The topological polar surface area (TPSA) is 73.8 Å². The number of para-hydroxylation sites is 1. The van der Waals surface area contributed by atoms with Crippen molar-refractivity contribution in [2.45, 2.75) is 30.7 Å². The van der Waals surface area contributed by atoms with Gasteiger partial charge in [0.05, 0.1) is 27.4 Å². The zero-order valence-corrected chi connectivity index (χ0v) is 17.0. The van der Waals surface area contributed by atoms with Crippen molar-refractivity contribution >= 4 is 34.3 Å². The minimum Gasteiger partial charge on any atom is -0.338 e. The molecule has 2 aromatic carbocycles. The second-order valence-corrected chi connectivity index (χ2v) is 7.64. The standard InChI is InChI=1S/C20H16ClFN4O2S/c1-2-5-17-24-18(28-25-17)11-29-20-23-16-7-4-3-6-13(16)19(27)26(20)12-8-9-15(22)14(21)10-12/h3-4,6-10H,2,5,11H2,1H3. The number of benzene rings is 2. The van der Waals surface area contributed by atoms with E-state index in [0.717, 1.165) is 12.8 Å². The molecule has 4 aromatic rings. The summed E-state index contributed by atoms with van der Waals surface area (Å²) in [6.07, 6.45) is 1.66. The predicted octanol–water partition coefficient (Wildman–Crippen LogP) is 4.81. The van der Waals surface area contributed by atoms with Crippen LogP contribution in [0.2, 0.25) is 5.02 Å². The molecule has 0 unspecified atom stereocenters. The molecule has 0 aliphatic rings. The first-order valence-corrected chi connectivity index (χ1v) is 10.3. The quantitative estimate of drug-likeness (QED) is 0.323. The van der Waals surface area contributed by atoms with E-state index in [1.165, 1.54) is 34.5 Å². The third kappa shape index (κ3) is 4.04.